The summed E-state index contributed by atoms with van der Waals surface area (Å²) >= 11 is 6.55. The molecule has 2 aliphatic rings. The Hall–Kier alpha value is -3.71. The number of nitrogens with one attached hydrogen (secondary N) is 1. The molecule has 2 N–H and O–H groups in total. The summed E-state index contributed by atoms with van der Waals surface area (Å²) in [6, 6.07) is 16.1. The summed E-state index contributed by atoms with van der Waals surface area (Å²) < 4.78 is 17.5. The number of halogens is 1. The number of benzene rings is 3. The Kier molecular flexibility index (Phi) is 6.26. The first kappa shape index (κ1) is 24.0. The molecular formula is C28H26ClNO6. The minimum atomic E-state index is -0.849. The molecule has 0 saturated heterocycles. The Morgan fingerprint density at radius 3 is 2.58 bits per heavy atom. The third-order valence-electron chi connectivity index (χ3n) is 6.76. The molecule has 0 spiro atoms. The van der Waals surface area contributed by atoms with Gasteiger partial charge in [-0.05, 0) is 79.8 Å². The van der Waals surface area contributed by atoms with Crippen LogP contribution in [-0.4, -0.2) is 36.3 Å². The van der Waals surface area contributed by atoms with Crippen molar-refractivity contribution in [3.63, 3.8) is 0 Å². The summed E-state index contributed by atoms with van der Waals surface area (Å²) in [6.45, 7) is 4.23. The van der Waals surface area contributed by atoms with Crippen LogP contribution in [0.5, 0.6) is 17.2 Å². The number of ether oxygens (including phenoxy) is 3. The molecule has 1 fully saturated rings. The molecule has 3 aromatic carbocycles. The van der Waals surface area contributed by atoms with E-state index in [9.17, 15) is 14.7 Å². The van der Waals surface area contributed by atoms with Crippen molar-refractivity contribution in [2.75, 3.05) is 18.5 Å². The van der Waals surface area contributed by atoms with E-state index in [2.05, 4.69) is 5.32 Å². The van der Waals surface area contributed by atoms with E-state index in [1.807, 2.05) is 37.3 Å². The number of carboxylic acid groups (broad SMARTS) is 1. The normalized spacial score (nSPS) is 17.2. The van der Waals surface area contributed by atoms with Crippen LogP contribution in [0.1, 0.15) is 39.9 Å². The fourth-order valence-electron chi connectivity index (χ4n) is 4.48. The number of carbonyl (C=O) groups excluding carboxylic acids is 1. The summed E-state index contributed by atoms with van der Waals surface area (Å²) in [4.78, 5) is 24.8. The third-order valence-corrected chi connectivity index (χ3v) is 7.23. The maximum atomic E-state index is 13.1. The summed E-state index contributed by atoms with van der Waals surface area (Å²) in [5.74, 6) is 0.650. The number of carboxylic acids is 1. The van der Waals surface area contributed by atoms with Crippen LogP contribution < -0.4 is 19.5 Å². The van der Waals surface area contributed by atoms with Crippen LogP contribution in [0, 0.1) is 13.8 Å². The number of para-hydroxylation sites is 2. The largest absolute Gasteiger partial charge is 0.488 e. The van der Waals surface area contributed by atoms with Crippen molar-refractivity contribution in [3.8, 4) is 17.2 Å². The van der Waals surface area contributed by atoms with Gasteiger partial charge in [0.1, 0.15) is 19.0 Å². The van der Waals surface area contributed by atoms with Crippen LogP contribution in [-0.2, 0) is 10.2 Å². The second-order valence-corrected chi connectivity index (χ2v) is 9.61. The number of amides is 1. The smallest absolute Gasteiger partial charge is 0.314 e. The molecule has 1 heterocycles. The zero-order chi connectivity index (χ0) is 25.4. The zero-order valence-electron chi connectivity index (χ0n) is 20.0. The van der Waals surface area contributed by atoms with E-state index in [4.69, 9.17) is 25.8 Å². The molecular weight excluding hydrogens is 482 g/mol. The van der Waals surface area contributed by atoms with Gasteiger partial charge in [0.05, 0.1) is 10.4 Å². The molecule has 8 heteroatoms. The summed E-state index contributed by atoms with van der Waals surface area (Å²) in [5.41, 5.74) is 2.30. The Labute approximate surface area is 213 Å². The molecule has 0 aromatic heterocycles. The van der Waals surface area contributed by atoms with Gasteiger partial charge in [-0.2, -0.15) is 0 Å². The molecule has 0 bridgehead atoms. The summed E-state index contributed by atoms with van der Waals surface area (Å²) in [6.07, 6.45) is 0.901. The molecule has 3 aromatic rings. The van der Waals surface area contributed by atoms with Crippen LogP contribution in [0.3, 0.4) is 0 Å². The molecule has 0 radical (unpaired) electrons. The van der Waals surface area contributed by atoms with Gasteiger partial charge < -0.3 is 24.6 Å². The van der Waals surface area contributed by atoms with Crippen molar-refractivity contribution in [3.05, 3.63) is 81.9 Å². The fraction of sp³-hybridized carbons (Fsp3) is 0.286. The first-order valence-electron chi connectivity index (χ1n) is 11.7. The van der Waals surface area contributed by atoms with Crippen molar-refractivity contribution >= 4 is 29.2 Å². The van der Waals surface area contributed by atoms with E-state index in [0.29, 0.717) is 58.5 Å². The van der Waals surface area contributed by atoms with Gasteiger partial charge in [0, 0.05) is 11.3 Å². The van der Waals surface area contributed by atoms with E-state index < -0.39 is 11.4 Å². The minimum absolute atomic E-state index is 0.233. The lowest BCUT2D eigenvalue weighted by molar-refractivity contribution is -0.140. The summed E-state index contributed by atoms with van der Waals surface area (Å²) in [7, 11) is 0. The maximum absolute atomic E-state index is 13.1. The van der Waals surface area contributed by atoms with E-state index in [0.717, 1.165) is 11.1 Å². The van der Waals surface area contributed by atoms with E-state index in [1.54, 1.807) is 31.2 Å². The van der Waals surface area contributed by atoms with Crippen LogP contribution in [0.15, 0.2) is 54.6 Å². The number of fused-ring (bicyclic) bond motifs is 1. The lowest BCUT2D eigenvalue weighted by Gasteiger charge is -2.26. The van der Waals surface area contributed by atoms with Crippen molar-refractivity contribution in [2.24, 2.45) is 0 Å². The number of hydrogen-bond donors (Lipinski definition) is 2. The van der Waals surface area contributed by atoms with Crippen LogP contribution in [0.2, 0.25) is 5.02 Å². The average Bonchev–Trinajstić information content (AvgIpc) is 3.68. The highest BCUT2D eigenvalue weighted by Crippen LogP contribution is 2.50. The van der Waals surface area contributed by atoms with Crippen molar-refractivity contribution in [1.82, 2.24) is 0 Å². The predicted octanol–water partition coefficient (Wildman–Crippen LogP) is 5.54. The molecule has 36 heavy (non-hydrogen) atoms. The molecule has 1 atom stereocenters. The molecule has 1 aliphatic heterocycles. The van der Waals surface area contributed by atoms with Gasteiger partial charge in [-0.15, -0.1) is 0 Å². The summed E-state index contributed by atoms with van der Waals surface area (Å²) in [5, 5.41) is 12.9. The van der Waals surface area contributed by atoms with E-state index >= 15 is 0 Å². The Balaban J connectivity index is 1.27. The highest BCUT2D eigenvalue weighted by Gasteiger charge is 2.52. The number of aryl methyl sites for hydroxylation is 1. The van der Waals surface area contributed by atoms with Crippen LogP contribution >= 0.6 is 11.6 Å². The van der Waals surface area contributed by atoms with Gasteiger partial charge in [-0.3, -0.25) is 9.59 Å². The van der Waals surface area contributed by atoms with Gasteiger partial charge in [-0.25, -0.2) is 0 Å². The van der Waals surface area contributed by atoms with Gasteiger partial charge in [0.25, 0.3) is 5.91 Å². The minimum Gasteiger partial charge on any atom is -0.488 e. The Bertz CT molecular complexity index is 1350. The highest BCUT2D eigenvalue weighted by molar-refractivity contribution is 6.33. The highest BCUT2D eigenvalue weighted by atomic mass is 35.5. The topological polar surface area (TPSA) is 94.1 Å². The first-order chi connectivity index (χ1) is 17.3. The second kappa shape index (κ2) is 9.39. The molecule has 1 amide bonds. The van der Waals surface area contributed by atoms with E-state index in [-0.39, 0.29) is 18.6 Å². The van der Waals surface area contributed by atoms with Crippen LogP contribution in [0.4, 0.5) is 5.69 Å². The molecule has 7 nitrogen and oxygen atoms in total. The van der Waals surface area contributed by atoms with Gasteiger partial charge >= 0.3 is 5.97 Å². The fourth-order valence-corrected chi connectivity index (χ4v) is 4.70. The van der Waals surface area contributed by atoms with Gasteiger partial charge in [-0.1, -0.05) is 29.8 Å². The SMILES string of the molecule is Cc1ccc(NC(=O)c2ccc(OC[C@@H]3COc4ccccc4O3)c(Cl)c2C)cc1C1(C(=O)O)CC1. The quantitative estimate of drug-likeness (QED) is 0.436. The van der Waals surface area contributed by atoms with E-state index in [1.165, 1.54) is 0 Å². The van der Waals surface area contributed by atoms with Crippen LogP contribution in [0.25, 0.3) is 0 Å². The van der Waals surface area contributed by atoms with Crippen molar-refractivity contribution in [1.29, 1.82) is 0 Å². The monoisotopic (exact) mass is 507 g/mol. The maximum Gasteiger partial charge on any atom is 0.314 e. The number of rotatable bonds is 7. The number of anilines is 1. The van der Waals surface area contributed by atoms with Gasteiger partial charge in [0.15, 0.2) is 17.6 Å². The lowest BCUT2D eigenvalue weighted by Crippen LogP contribution is -2.34. The Morgan fingerprint density at radius 1 is 1.11 bits per heavy atom. The molecule has 5 rings (SSSR count). The molecule has 1 saturated carbocycles. The number of hydrogen-bond acceptors (Lipinski definition) is 5. The molecule has 186 valence electrons. The van der Waals surface area contributed by atoms with Crippen molar-refractivity contribution in [2.45, 2.75) is 38.2 Å². The average molecular weight is 508 g/mol. The predicted molar refractivity (Wildman–Crippen MR) is 136 cm³/mol. The number of carbonyl (C=O) groups is 2. The van der Waals surface area contributed by atoms with Gasteiger partial charge in [0.2, 0.25) is 0 Å². The third kappa shape index (κ3) is 4.46. The first-order valence-corrected chi connectivity index (χ1v) is 12.1. The second-order valence-electron chi connectivity index (χ2n) is 9.23. The standard InChI is InChI=1S/C28H26ClNO6/c1-16-7-8-18(13-21(16)28(11-12-28)27(32)33)30-26(31)20-9-10-24(25(29)17(20)2)35-15-19-14-34-22-5-3-4-6-23(22)36-19/h3-10,13,19H,11-12,14-15H2,1-2H3,(H,30,31)(H,32,33)/t19-/m0/s1. The zero-order valence-corrected chi connectivity index (χ0v) is 20.7. The molecule has 0 unspecified atom stereocenters. The molecule has 1 aliphatic carbocycles. The number of aliphatic carboxylic acids is 1. The lowest BCUT2D eigenvalue weighted by atomic mass is 9.91. The Morgan fingerprint density at radius 2 is 1.86 bits per heavy atom. The van der Waals surface area contributed by atoms with Crippen molar-refractivity contribution < 1.29 is 28.9 Å².